The molecule has 2 N–H and O–H groups in total. The number of likely N-dealkylation sites (tertiary alicyclic amines) is 1. The second-order valence-electron chi connectivity index (χ2n) is 5.63. The van der Waals surface area contributed by atoms with Crippen LogP contribution in [0.4, 0.5) is 0 Å². The predicted octanol–water partition coefficient (Wildman–Crippen LogP) is 2.42. The lowest BCUT2D eigenvalue weighted by Crippen LogP contribution is -2.41. The molecule has 1 aromatic rings. The van der Waals surface area contributed by atoms with E-state index in [0.717, 1.165) is 50.6 Å². The number of ether oxygens (including phenoxy) is 2. The first-order valence-corrected chi connectivity index (χ1v) is 8.07. The SMILES string of the molecule is CCCOC1CCCN(CCOc2ccc(CN)cc2)C1. The molecule has 0 aliphatic carbocycles. The maximum atomic E-state index is 5.86. The molecule has 1 aromatic carbocycles. The van der Waals surface area contributed by atoms with Crippen molar-refractivity contribution in [1.29, 1.82) is 0 Å². The fourth-order valence-electron chi connectivity index (χ4n) is 2.65. The fraction of sp³-hybridized carbons (Fsp3) is 0.647. The summed E-state index contributed by atoms with van der Waals surface area (Å²) in [6.45, 7) is 7.49. The van der Waals surface area contributed by atoms with Crippen molar-refractivity contribution in [3.8, 4) is 5.75 Å². The van der Waals surface area contributed by atoms with Crippen molar-refractivity contribution < 1.29 is 9.47 Å². The number of piperidine rings is 1. The summed E-state index contributed by atoms with van der Waals surface area (Å²) in [7, 11) is 0. The highest BCUT2D eigenvalue weighted by molar-refractivity contribution is 5.27. The van der Waals surface area contributed by atoms with Crippen LogP contribution in [0.5, 0.6) is 5.75 Å². The van der Waals surface area contributed by atoms with Gasteiger partial charge in [0.1, 0.15) is 12.4 Å². The zero-order chi connectivity index (χ0) is 14.9. The molecule has 1 unspecified atom stereocenters. The van der Waals surface area contributed by atoms with Gasteiger partial charge in [-0.3, -0.25) is 4.90 Å². The lowest BCUT2D eigenvalue weighted by atomic mass is 10.1. The smallest absolute Gasteiger partial charge is 0.119 e. The van der Waals surface area contributed by atoms with Crippen molar-refractivity contribution in [3.63, 3.8) is 0 Å². The van der Waals surface area contributed by atoms with E-state index in [2.05, 4.69) is 11.8 Å². The number of benzene rings is 1. The van der Waals surface area contributed by atoms with Gasteiger partial charge >= 0.3 is 0 Å². The molecule has 4 heteroatoms. The van der Waals surface area contributed by atoms with E-state index in [1.54, 1.807) is 0 Å². The van der Waals surface area contributed by atoms with E-state index in [0.29, 0.717) is 12.6 Å². The fourth-order valence-corrected chi connectivity index (χ4v) is 2.65. The lowest BCUT2D eigenvalue weighted by molar-refractivity contribution is -0.00268. The summed E-state index contributed by atoms with van der Waals surface area (Å²) in [5.41, 5.74) is 6.72. The monoisotopic (exact) mass is 292 g/mol. The van der Waals surface area contributed by atoms with Crippen LogP contribution in [0.3, 0.4) is 0 Å². The standard InChI is InChI=1S/C17H28N2O2/c1-2-11-20-17-4-3-9-19(14-17)10-12-21-16-7-5-15(13-18)6-8-16/h5-8,17H,2-4,9-14,18H2,1H3. The van der Waals surface area contributed by atoms with Crippen LogP contribution in [0.1, 0.15) is 31.7 Å². The average molecular weight is 292 g/mol. The van der Waals surface area contributed by atoms with Gasteiger partial charge in [-0.15, -0.1) is 0 Å². The van der Waals surface area contributed by atoms with Gasteiger partial charge in [-0.25, -0.2) is 0 Å². The van der Waals surface area contributed by atoms with Crippen molar-refractivity contribution in [3.05, 3.63) is 29.8 Å². The van der Waals surface area contributed by atoms with Crippen LogP contribution in [0, 0.1) is 0 Å². The van der Waals surface area contributed by atoms with Gasteiger partial charge in [0.2, 0.25) is 0 Å². The van der Waals surface area contributed by atoms with Crippen LogP contribution in [0.25, 0.3) is 0 Å². The maximum Gasteiger partial charge on any atom is 0.119 e. The quantitative estimate of drug-likeness (QED) is 0.799. The molecular weight excluding hydrogens is 264 g/mol. The Hall–Kier alpha value is -1.10. The second-order valence-corrected chi connectivity index (χ2v) is 5.63. The highest BCUT2D eigenvalue weighted by Crippen LogP contribution is 2.15. The van der Waals surface area contributed by atoms with Crippen molar-refractivity contribution in [2.24, 2.45) is 5.73 Å². The summed E-state index contributed by atoms with van der Waals surface area (Å²) >= 11 is 0. The molecule has 0 amide bonds. The third kappa shape index (κ3) is 5.65. The van der Waals surface area contributed by atoms with Gasteiger partial charge in [0.15, 0.2) is 0 Å². The van der Waals surface area contributed by atoms with Gasteiger partial charge in [0.25, 0.3) is 0 Å². The Morgan fingerprint density at radius 2 is 2.05 bits per heavy atom. The molecule has 1 atom stereocenters. The summed E-state index contributed by atoms with van der Waals surface area (Å²) in [6.07, 6.45) is 3.91. The minimum absolute atomic E-state index is 0.405. The lowest BCUT2D eigenvalue weighted by Gasteiger charge is -2.32. The van der Waals surface area contributed by atoms with Crippen molar-refractivity contribution in [1.82, 2.24) is 4.90 Å². The van der Waals surface area contributed by atoms with Crippen LogP contribution in [0.2, 0.25) is 0 Å². The first-order valence-electron chi connectivity index (χ1n) is 8.07. The maximum absolute atomic E-state index is 5.86. The Morgan fingerprint density at radius 1 is 1.24 bits per heavy atom. The molecular formula is C17H28N2O2. The van der Waals surface area contributed by atoms with E-state index in [-0.39, 0.29) is 0 Å². The summed E-state index contributed by atoms with van der Waals surface area (Å²) in [6, 6.07) is 8.02. The summed E-state index contributed by atoms with van der Waals surface area (Å²) in [5.74, 6) is 0.919. The Morgan fingerprint density at radius 3 is 2.76 bits per heavy atom. The molecule has 1 saturated heterocycles. The van der Waals surface area contributed by atoms with E-state index in [1.807, 2.05) is 24.3 Å². The van der Waals surface area contributed by atoms with Crippen LogP contribution in [-0.4, -0.2) is 43.9 Å². The molecule has 0 saturated carbocycles. The average Bonchev–Trinajstić information content (AvgIpc) is 2.54. The van der Waals surface area contributed by atoms with E-state index in [9.17, 15) is 0 Å². The van der Waals surface area contributed by atoms with Crippen molar-refractivity contribution >= 4 is 0 Å². The van der Waals surface area contributed by atoms with E-state index < -0.39 is 0 Å². The molecule has 1 aliphatic heterocycles. The van der Waals surface area contributed by atoms with Crippen LogP contribution in [-0.2, 0) is 11.3 Å². The molecule has 4 nitrogen and oxygen atoms in total. The molecule has 0 bridgehead atoms. The Labute approximate surface area is 128 Å². The topological polar surface area (TPSA) is 47.7 Å². The second kappa shape index (κ2) is 9.03. The molecule has 118 valence electrons. The molecule has 1 fully saturated rings. The third-order valence-electron chi connectivity index (χ3n) is 3.86. The number of nitrogens with two attached hydrogens (primary N) is 1. The number of nitrogens with zero attached hydrogens (tertiary/aromatic N) is 1. The minimum Gasteiger partial charge on any atom is -0.492 e. The zero-order valence-electron chi connectivity index (χ0n) is 13.1. The largest absolute Gasteiger partial charge is 0.492 e. The molecule has 0 spiro atoms. The summed E-state index contributed by atoms with van der Waals surface area (Å²) < 4.78 is 11.7. The highest BCUT2D eigenvalue weighted by atomic mass is 16.5. The van der Waals surface area contributed by atoms with E-state index in [4.69, 9.17) is 15.2 Å². The molecule has 0 aromatic heterocycles. The summed E-state index contributed by atoms with van der Waals surface area (Å²) in [4.78, 5) is 2.44. The molecule has 1 aliphatic rings. The van der Waals surface area contributed by atoms with Gasteiger partial charge in [0.05, 0.1) is 6.10 Å². The zero-order valence-corrected chi connectivity index (χ0v) is 13.1. The third-order valence-corrected chi connectivity index (χ3v) is 3.86. The molecule has 0 radical (unpaired) electrons. The highest BCUT2D eigenvalue weighted by Gasteiger charge is 2.19. The van der Waals surface area contributed by atoms with E-state index in [1.165, 1.54) is 12.8 Å². The first kappa shape index (κ1) is 16.3. The van der Waals surface area contributed by atoms with Crippen LogP contribution in [0.15, 0.2) is 24.3 Å². The molecule has 1 heterocycles. The molecule has 2 rings (SSSR count). The van der Waals surface area contributed by atoms with Crippen molar-refractivity contribution in [2.75, 3.05) is 32.8 Å². The van der Waals surface area contributed by atoms with Crippen LogP contribution < -0.4 is 10.5 Å². The normalized spacial score (nSPS) is 19.6. The van der Waals surface area contributed by atoms with Crippen molar-refractivity contribution in [2.45, 2.75) is 38.8 Å². The Balaban J connectivity index is 1.67. The Bertz CT molecular complexity index is 394. The van der Waals surface area contributed by atoms with Gasteiger partial charge in [0, 0.05) is 26.2 Å². The minimum atomic E-state index is 0.405. The van der Waals surface area contributed by atoms with Gasteiger partial charge in [-0.05, 0) is 43.5 Å². The van der Waals surface area contributed by atoms with Crippen LogP contribution >= 0.6 is 0 Å². The van der Waals surface area contributed by atoms with Gasteiger partial charge in [-0.2, -0.15) is 0 Å². The summed E-state index contributed by atoms with van der Waals surface area (Å²) in [5, 5.41) is 0. The predicted molar refractivity (Wildman–Crippen MR) is 85.5 cm³/mol. The number of rotatable bonds is 8. The van der Waals surface area contributed by atoms with Gasteiger partial charge < -0.3 is 15.2 Å². The first-order chi connectivity index (χ1) is 10.3. The molecule has 21 heavy (non-hydrogen) atoms. The number of hydrogen-bond donors (Lipinski definition) is 1. The number of hydrogen-bond acceptors (Lipinski definition) is 4. The Kier molecular flexibility index (Phi) is 7.00. The van der Waals surface area contributed by atoms with Gasteiger partial charge in [-0.1, -0.05) is 19.1 Å². The van der Waals surface area contributed by atoms with E-state index >= 15 is 0 Å².